The van der Waals surface area contributed by atoms with Crippen molar-refractivity contribution < 1.29 is 9.59 Å². The zero-order valence-corrected chi connectivity index (χ0v) is 11.8. The molecule has 106 valence electrons. The second-order valence-electron chi connectivity index (χ2n) is 5.93. The van der Waals surface area contributed by atoms with Gasteiger partial charge >= 0.3 is 0 Å². The molecule has 5 nitrogen and oxygen atoms in total. The van der Waals surface area contributed by atoms with Crippen LogP contribution >= 0.6 is 0 Å². The van der Waals surface area contributed by atoms with Gasteiger partial charge in [0.05, 0.1) is 0 Å². The highest BCUT2D eigenvalue weighted by Gasteiger charge is 2.54. The molecule has 2 aliphatic rings. The molecule has 2 atom stereocenters. The summed E-state index contributed by atoms with van der Waals surface area (Å²) in [5, 5.41) is 2.93. The van der Waals surface area contributed by atoms with E-state index in [1.54, 1.807) is 24.2 Å². The Kier molecular flexibility index (Phi) is 3.00. The summed E-state index contributed by atoms with van der Waals surface area (Å²) in [5.74, 6) is 0.253. The van der Waals surface area contributed by atoms with Crippen LogP contribution in [0, 0.1) is 5.92 Å². The second kappa shape index (κ2) is 4.58. The van der Waals surface area contributed by atoms with Gasteiger partial charge in [-0.05, 0) is 50.3 Å². The molecule has 2 amide bonds. The Morgan fingerprint density at radius 3 is 2.60 bits per heavy atom. The van der Waals surface area contributed by atoms with Crippen LogP contribution in [0.1, 0.15) is 32.3 Å². The van der Waals surface area contributed by atoms with E-state index in [0.717, 1.165) is 18.4 Å². The fraction of sp³-hybridized carbons (Fsp3) is 0.533. The molecule has 1 N–H and O–H groups in total. The first-order valence-electron chi connectivity index (χ1n) is 7.04. The quantitative estimate of drug-likeness (QED) is 0.897. The first-order valence-corrected chi connectivity index (χ1v) is 7.04. The highest BCUT2D eigenvalue weighted by atomic mass is 16.2. The average molecular weight is 273 g/mol. The molecule has 1 aliphatic carbocycles. The number of nitrogens with zero attached hydrogens (tertiary/aromatic N) is 2. The lowest BCUT2D eigenvalue weighted by molar-refractivity contribution is -0.155. The summed E-state index contributed by atoms with van der Waals surface area (Å²) < 4.78 is 0. The number of hydrogen-bond acceptors (Lipinski definition) is 3. The summed E-state index contributed by atoms with van der Waals surface area (Å²) in [6.07, 6.45) is 5.43. The van der Waals surface area contributed by atoms with E-state index >= 15 is 0 Å². The summed E-state index contributed by atoms with van der Waals surface area (Å²) in [5.41, 5.74) is 0.268. The molecular weight excluding hydrogens is 254 g/mol. The third-order valence-electron chi connectivity index (χ3n) is 4.43. The van der Waals surface area contributed by atoms with Crippen LogP contribution in [0.4, 0.5) is 0 Å². The molecule has 2 fully saturated rings. The highest BCUT2D eigenvalue weighted by Crippen LogP contribution is 2.42. The zero-order chi connectivity index (χ0) is 14.3. The van der Waals surface area contributed by atoms with Crippen molar-refractivity contribution in [3.63, 3.8) is 0 Å². The van der Waals surface area contributed by atoms with Gasteiger partial charge in [-0.15, -0.1) is 0 Å². The average Bonchev–Trinajstić information content (AvgIpc) is 3.27. The Labute approximate surface area is 118 Å². The van der Waals surface area contributed by atoms with Crippen molar-refractivity contribution in [2.75, 3.05) is 0 Å². The molecule has 2 heterocycles. The fourth-order valence-electron chi connectivity index (χ4n) is 2.86. The van der Waals surface area contributed by atoms with Crippen molar-refractivity contribution in [2.24, 2.45) is 5.92 Å². The van der Waals surface area contributed by atoms with Crippen molar-refractivity contribution >= 4 is 11.8 Å². The van der Waals surface area contributed by atoms with Crippen LogP contribution in [0.5, 0.6) is 0 Å². The Morgan fingerprint density at radius 2 is 2.00 bits per heavy atom. The number of amides is 2. The fourth-order valence-corrected chi connectivity index (χ4v) is 2.86. The number of piperazine rings is 1. The van der Waals surface area contributed by atoms with Crippen LogP contribution in [0.25, 0.3) is 0 Å². The normalized spacial score (nSPS) is 30.3. The standard InChI is InChI=1S/C15H19N3O2/c1-10-13(19)17-15(2,12-3-4-12)14(20)18(10)9-11-5-7-16-8-6-11/h5-8,10,12H,3-4,9H2,1-2H3,(H,17,19). The highest BCUT2D eigenvalue weighted by molar-refractivity contribution is 5.99. The summed E-state index contributed by atoms with van der Waals surface area (Å²) in [4.78, 5) is 30.6. The molecule has 5 heteroatoms. The lowest BCUT2D eigenvalue weighted by Crippen LogP contribution is -2.69. The third-order valence-corrected chi connectivity index (χ3v) is 4.43. The molecule has 3 rings (SSSR count). The van der Waals surface area contributed by atoms with E-state index in [-0.39, 0.29) is 17.7 Å². The van der Waals surface area contributed by atoms with E-state index < -0.39 is 11.6 Å². The van der Waals surface area contributed by atoms with Crippen molar-refractivity contribution in [3.05, 3.63) is 30.1 Å². The zero-order valence-electron chi connectivity index (χ0n) is 11.8. The third kappa shape index (κ3) is 2.07. The van der Waals surface area contributed by atoms with E-state index in [0.29, 0.717) is 6.54 Å². The molecule has 20 heavy (non-hydrogen) atoms. The maximum Gasteiger partial charge on any atom is 0.249 e. The number of rotatable bonds is 3. The van der Waals surface area contributed by atoms with Gasteiger partial charge in [0.15, 0.2) is 0 Å². The van der Waals surface area contributed by atoms with Gasteiger partial charge in [0.2, 0.25) is 11.8 Å². The van der Waals surface area contributed by atoms with E-state index in [1.807, 2.05) is 19.1 Å². The predicted octanol–water partition coefficient (Wildman–Crippen LogP) is 1.10. The molecule has 1 aromatic rings. The second-order valence-corrected chi connectivity index (χ2v) is 5.93. The number of hydrogen-bond donors (Lipinski definition) is 1. The van der Waals surface area contributed by atoms with Gasteiger partial charge in [0.25, 0.3) is 0 Å². The first kappa shape index (κ1) is 13.1. The monoisotopic (exact) mass is 273 g/mol. The van der Waals surface area contributed by atoms with Crippen LogP contribution < -0.4 is 5.32 Å². The van der Waals surface area contributed by atoms with Crippen LogP contribution in [-0.2, 0) is 16.1 Å². The summed E-state index contributed by atoms with van der Waals surface area (Å²) in [6.45, 7) is 4.09. The Morgan fingerprint density at radius 1 is 1.35 bits per heavy atom. The molecule has 1 aromatic heterocycles. The minimum Gasteiger partial charge on any atom is -0.340 e. The largest absolute Gasteiger partial charge is 0.340 e. The van der Waals surface area contributed by atoms with E-state index in [4.69, 9.17) is 0 Å². The van der Waals surface area contributed by atoms with Crippen LogP contribution in [0.2, 0.25) is 0 Å². The summed E-state index contributed by atoms with van der Waals surface area (Å²) in [6, 6.07) is 3.32. The molecule has 1 aliphatic heterocycles. The molecule has 1 saturated heterocycles. The number of carbonyl (C=O) groups is 2. The van der Waals surface area contributed by atoms with Gasteiger partial charge in [-0.3, -0.25) is 14.6 Å². The number of nitrogens with one attached hydrogen (secondary N) is 1. The summed E-state index contributed by atoms with van der Waals surface area (Å²) in [7, 11) is 0. The van der Waals surface area contributed by atoms with Gasteiger partial charge in [-0.1, -0.05) is 0 Å². The smallest absolute Gasteiger partial charge is 0.249 e. The van der Waals surface area contributed by atoms with Gasteiger partial charge in [0.1, 0.15) is 11.6 Å². The van der Waals surface area contributed by atoms with Crippen LogP contribution in [-0.4, -0.2) is 33.3 Å². The minimum atomic E-state index is -0.726. The molecule has 0 bridgehead atoms. The topological polar surface area (TPSA) is 62.3 Å². The number of aromatic nitrogens is 1. The molecule has 0 aromatic carbocycles. The van der Waals surface area contributed by atoms with Gasteiger partial charge in [-0.25, -0.2) is 0 Å². The minimum absolute atomic E-state index is 0.0314. The van der Waals surface area contributed by atoms with Gasteiger partial charge in [-0.2, -0.15) is 0 Å². The number of pyridine rings is 1. The molecule has 1 saturated carbocycles. The lowest BCUT2D eigenvalue weighted by Gasteiger charge is -2.43. The van der Waals surface area contributed by atoms with E-state index in [1.165, 1.54) is 0 Å². The lowest BCUT2D eigenvalue weighted by atomic mass is 9.89. The van der Waals surface area contributed by atoms with Crippen molar-refractivity contribution in [3.8, 4) is 0 Å². The Hall–Kier alpha value is -1.91. The molecule has 2 unspecified atom stereocenters. The van der Waals surface area contributed by atoms with E-state index in [9.17, 15) is 9.59 Å². The van der Waals surface area contributed by atoms with Crippen molar-refractivity contribution in [1.82, 2.24) is 15.2 Å². The van der Waals surface area contributed by atoms with Gasteiger partial charge < -0.3 is 10.2 Å². The number of carbonyl (C=O) groups excluding carboxylic acids is 2. The van der Waals surface area contributed by atoms with Crippen molar-refractivity contribution in [1.29, 1.82) is 0 Å². The van der Waals surface area contributed by atoms with Crippen LogP contribution in [0.3, 0.4) is 0 Å². The predicted molar refractivity (Wildman–Crippen MR) is 73.5 cm³/mol. The molecule has 0 spiro atoms. The van der Waals surface area contributed by atoms with Crippen molar-refractivity contribution in [2.45, 2.75) is 44.8 Å². The maximum absolute atomic E-state index is 12.8. The Balaban J connectivity index is 1.87. The van der Waals surface area contributed by atoms with E-state index in [2.05, 4.69) is 10.3 Å². The maximum atomic E-state index is 12.8. The molecular formula is C15H19N3O2. The van der Waals surface area contributed by atoms with Gasteiger partial charge in [0, 0.05) is 18.9 Å². The first-order chi connectivity index (χ1) is 9.52. The Bertz CT molecular complexity index is 541. The van der Waals surface area contributed by atoms with Crippen LogP contribution in [0.15, 0.2) is 24.5 Å². The SMILES string of the molecule is CC1C(=O)NC(C)(C2CC2)C(=O)N1Cc1ccncc1. The molecule has 0 radical (unpaired) electrons. The summed E-state index contributed by atoms with van der Waals surface area (Å²) >= 11 is 0.